The Morgan fingerprint density at radius 2 is 1.58 bits per heavy atom. The third-order valence-corrected chi connectivity index (χ3v) is 6.13. The lowest BCUT2D eigenvalue weighted by Crippen LogP contribution is -2.46. The summed E-state index contributed by atoms with van der Waals surface area (Å²) in [7, 11) is 0. The van der Waals surface area contributed by atoms with Crippen molar-refractivity contribution in [1.82, 2.24) is 24.6 Å². The molecule has 1 aliphatic heterocycles. The first-order valence-corrected chi connectivity index (χ1v) is 11.6. The fourth-order valence-electron chi connectivity index (χ4n) is 4.30. The predicted octanol–water partition coefficient (Wildman–Crippen LogP) is 3.12. The molecule has 1 saturated heterocycles. The van der Waals surface area contributed by atoms with Crippen LogP contribution in [0.1, 0.15) is 12.8 Å². The number of piperazine rings is 1. The fourth-order valence-corrected chi connectivity index (χ4v) is 4.30. The summed E-state index contributed by atoms with van der Waals surface area (Å²) in [5, 5.41) is 8.11. The van der Waals surface area contributed by atoms with E-state index in [1.807, 2.05) is 30.3 Å². The smallest absolute Gasteiger partial charge is 0.263 e. The Balaban J connectivity index is 1.11. The topological polar surface area (TPSA) is 82.1 Å². The zero-order valence-electron chi connectivity index (χ0n) is 18.7. The molecule has 33 heavy (non-hydrogen) atoms. The van der Waals surface area contributed by atoms with Crippen molar-refractivity contribution in [3.05, 3.63) is 77.2 Å². The fraction of sp³-hybridized carbons (Fsp3) is 0.320. The van der Waals surface area contributed by atoms with Crippen molar-refractivity contribution in [2.24, 2.45) is 0 Å². The third-order valence-electron chi connectivity index (χ3n) is 6.13. The van der Waals surface area contributed by atoms with Crippen LogP contribution in [0.25, 0.3) is 16.7 Å². The molecular formula is C25H29N7O. The summed E-state index contributed by atoms with van der Waals surface area (Å²) in [4.78, 5) is 24.9. The number of H-pyrrole nitrogens is 1. The van der Waals surface area contributed by atoms with Crippen molar-refractivity contribution >= 4 is 22.7 Å². The number of nitrogens with zero attached hydrogens (tertiary/aromatic N) is 5. The van der Waals surface area contributed by atoms with E-state index >= 15 is 0 Å². The summed E-state index contributed by atoms with van der Waals surface area (Å²) in [5.74, 6) is 0.488. The molecule has 170 valence electrons. The lowest BCUT2D eigenvalue weighted by molar-refractivity contribution is 0.254. The first-order chi connectivity index (χ1) is 16.3. The molecule has 0 bridgehead atoms. The Morgan fingerprint density at radius 3 is 2.30 bits per heavy atom. The van der Waals surface area contributed by atoms with Crippen LogP contribution in [-0.2, 0) is 0 Å². The van der Waals surface area contributed by atoms with E-state index in [1.165, 1.54) is 5.69 Å². The van der Waals surface area contributed by atoms with Gasteiger partial charge in [-0.25, -0.2) is 4.68 Å². The SMILES string of the molecule is O=c1[nH]c(NCCCCN2CCN(c3ccccc3)CC2)nc2c1cnn2-c1ccccc1. The molecule has 3 heterocycles. The van der Waals surface area contributed by atoms with Crippen LogP contribution in [0.4, 0.5) is 11.6 Å². The van der Waals surface area contributed by atoms with Gasteiger partial charge in [0.25, 0.3) is 5.56 Å². The summed E-state index contributed by atoms with van der Waals surface area (Å²) >= 11 is 0. The number of fused-ring (bicyclic) bond motifs is 1. The lowest BCUT2D eigenvalue weighted by Gasteiger charge is -2.36. The monoisotopic (exact) mass is 443 g/mol. The minimum absolute atomic E-state index is 0.180. The molecule has 1 aliphatic rings. The van der Waals surface area contributed by atoms with Crippen molar-refractivity contribution in [1.29, 1.82) is 0 Å². The van der Waals surface area contributed by atoms with E-state index in [4.69, 9.17) is 0 Å². The molecular weight excluding hydrogens is 414 g/mol. The van der Waals surface area contributed by atoms with Crippen molar-refractivity contribution in [3.8, 4) is 5.69 Å². The largest absolute Gasteiger partial charge is 0.369 e. The Kier molecular flexibility index (Phi) is 6.34. The van der Waals surface area contributed by atoms with Crippen LogP contribution in [0.5, 0.6) is 0 Å². The number of hydrogen-bond donors (Lipinski definition) is 2. The second kappa shape index (κ2) is 9.87. The van der Waals surface area contributed by atoms with E-state index in [2.05, 4.69) is 60.5 Å². The Morgan fingerprint density at radius 1 is 0.879 bits per heavy atom. The van der Waals surface area contributed by atoms with E-state index in [9.17, 15) is 4.79 Å². The number of unbranched alkanes of at least 4 members (excludes halogenated alkanes) is 1. The van der Waals surface area contributed by atoms with Crippen LogP contribution in [0.3, 0.4) is 0 Å². The molecule has 4 aromatic rings. The van der Waals surface area contributed by atoms with Crippen LogP contribution < -0.4 is 15.8 Å². The average Bonchev–Trinajstić information content (AvgIpc) is 3.30. The Labute approximate surface area is 192 Å². The van der Waals surface area contributed by atoms with Gasteiger partial charge in [0, 0.05) is 38.4 Å². The van der Waals surface area contributed by atoms with Gasteiger partial charge >= 0.3 is 0 Å². The highest BCUT2D eigenvalue weighted by atomic mass is 16.1. The van der Waals surface area contributed by atoms with Crippen molar-refractivity contribution < 1.29 is 0 Å². The van der Waals surface area contributed by atoms with Gasteiger partial charge in [-0.1, -0.05) is 36.4 Å². The maximum atomic E-state index is 12.5. The number of anilines is 2. The summed E-state index contributed by atoms with van der Waals surface area (Å²) in [6.07, 6.45) is 3.68. The average molecular weight is 444 g/mol. The summed E-state index contributed by atoms with van der Waals surface area (Å²) < 4.78 is 1.70. The highest BCUT2D eigenvalue weighted by molar-refractivity contribution is 5.76. The van der Waals surface area contributed by atoms with Gasteiger partial charge in [0.05, 0.1) is 11.9 Å². The van der Waals surface area contributed by atoms with E-state index < -0.39 is 0 Å². The van der Waals surface area contributed by atoms with Crippen LogP contribution in [0, 0.1) is 0 Å². The Hall–Kier alpha value is -3.65. The zero-order valence-corrected chi connectivity index (χ0v) is 18.7. The summed E-state index contributed by atoms with van der Waals surface area (Å²) in [6, 6.07) is 20.4. The maximum absolute atomic E-state index is 12.5. The highest BCUT2D eigenvalue weighted by Crippen LogP contribution is 2.16. The molecule has 2 N–H and O–H groups in total. The summed E-state index contributed by atoms with van der Waals surface area (Å²) in [6.45, 7) is 6.19. The van der Waals surface area contributed by atoms with Crippen LogP contribution in [0.15, 0.2) is 71.7 Å². The number of rotatable bonds is 8. The molecule has 1 fully saturated rings. The zero-order chi connectivity index (χ0) is 22.5. The van der Waals surface area contributed by atoms with Gasteiger partial charge in [-0.15, -0.1) is 0 Å². The molecule has 2 aromatic carbocycles. The number of aromatic amines is 1. The number of nitrogens with one attached hydrogen (secondary N) is 2. The molecule has 0 unspecified atom stereocenters. The second-order valence-electron chi connectivity index (χ2n) is 8.34. The van der Waals surface area contributed by atoms with Crippen molar-refractivity contribution in [2.45, 2.75) is 12.8 Å². The number of benzene rings is 2. The molecule has 2 aromatic heterocycles. The number of para-hydroxylation sites is 2. The van der Waals surface area contributed by atoms with Gasteiger partial charge in [-0.05, 0) is 43.7 Å². The maximum Gasteiger partial charge on any atom is 0.263 e. The van der Waals surface area contributed by atoms with E-state index in [1.54, 1.807) is 10.9 Å². The van der Waals surface area contributed by atoms with Crippen molar-refractivity contribution in [3.63, 3.8) is 0 Å². The van der Waals surface area contributed by atoms with Crippen LogP contribution in [0.2, 0.25) is 0 Å². The molecule has 0 amide bonds. The molecule has 0 radical (unpaired) electrons. The molecule has 0 spiro atoms. The number of hydrogen-bond acceptors (Lipinski definition) is 6. The van der Waals surface area contributed by atoms with Crippen LogP contribution in [-0.4, -0.2) is 63.9 Å². The van der Waals surface area contributed by atoms with E-state index in [-0.39, 0.29) is 5.56 Å². The number of aromatic nitrogens is 4. The molecule has 5 rings (SSSR count). The highest BCUT2D eigenvalue weighted by Gasteiger charge is 2.16. The molecule has 0 atom stereocenters. The van der Waals surface area contributed by atoms with E-state index in [0.29, 0.717) is 17.0 Å². The van der Waals surface area contributed by atoms with Crippen molar-refractivity contribution in [2.75, 3.05) is 49.5 Å². The third kappa shape index (κ3) is 4.90. The van der Waals surface area contributed by atoms with Gasteiger partial charge in [0.2, 0.25) is 5.95 Å². The molecule has 8 heteroatoms. The molecule has 0 saturated carbocycles. The van der Waals surface area contributed by atoms with E-state index in [0.717, 1.165) is 57.8 Å². The second-order valence-corrected chi connectivity index (χ2v) is 8.34. The normalized spacial score (nSPS) is 14.6. The van der Waals surface area contributed by atoms with Crippen LogP contribution >= 0.6 is 0 Å². The lowest BCUT2D eigenvalue weighted by atomic mass is 10.2. The predicted molar refractivity (Wildman–Crippen MR) is 132 cm³/mol. The molecule has 0 aliphatic carbocycles. The first kappa shape index (κ1) is 21.2. The van der Waals surface area contributed by atoms with Gasteiger partial charge in [0.1, 0.15) is 5.39 Å². The Bertz CT molecular complexity index is 1230. The quantitative estimate of drug-likeness (QED) is 0.407. The summed E-state index contributed by atoms with van der Waals surface area (Å²) in [5.41, 5.74) is 2.57. The van der Waals surface area contributed by atoms with Gasteiger partial charge in [-0.3, -0.25) is 14.7 Å². The minimum atomic E-state index is -0.180. The van der Waals surface area contributed by atoms with Gasteiger partial charge in [-0.2, -0.15) is 10.1 Å². The van der Waals surface area contributed by atoms with Gasteiger partial charge < -0.3 is 10.2 Å². The molecule has 8 nitrogen and oxygen atoms in total. The van der Waals surface area contributed by atoms with Gasteiger partial charge in [0.15, 0.2) is 5.65 Å². The minimum Gasteiger partial charge on any atom is -0.369 e. The standard InChI is InChI=1S/C25H29N7O/c33-24-22-19-27-32(21-11-5-2-6-12-21)23(22)28-25(29-24)26-13-7-8-14-30-15-17-31(18-16-30)20-9-3-1-4-10-20/h1-6,9-12,19H,7-8,13-18H2,(H2,26,28,29,33). The first-order valence-electron chi connectivity index (χ1n) is 11.6.